The van der Waals surface area contributed by atoms with Crippen LogP contribution in [0.1, 0.15) is 13.8 Å². The van der Waals surface area contributed by atoms with Gasteiger partial charge in [0.1, 0.15) is 5.69 Å². The van der Waals surface area contributed by atoms with Crippen molar-refractivity contribution >= 4 is 39.9 Å². The molecule has 0 atom stereocenters. The van der Waals surface area contributed by atoms with E-state index in [1.165, 1.54) is 0 Å². The topological polar surface area (TPSA) is 28.0 Å². The van der Waals surface area contributed by atoms with E-state index >= 15 is 0 Å². The summed E-state index contributed by atoms with van der Waals surface area (Å²) in [5, 5.41) is 10.8. The Labute approximate surface area is 109 Å². The van der Waals surface area contributed by atoms with E-state index in [-0.39, 0.29) is 0 Å². The molecule has 0 fully saturated rings. The largest absolute Gasteiger partial charge is 0.279 e. The Morgan fingerprint density at radius 1 is 1.33 bits per heavy atom. The van der Waals surface area contributed by atoms with E-state index in [2.05, 4.69) is 32.9 Å². The van der Waals surface area contributed by atoms with Gasteiger partial charge in [-0.25, -0.2) is 0 Å². The normalized spacial score (nSPS) is 10.9. The van der Waals surface area contributed by atoms with Crippen LogP contribution in [0.25, 0.3) is 0 Å². The van der Waals surface area contributed by atoms with Crippen molar-refractivity contribution in [3.05, 3.63) is 26.8 Å². The predicted octanol–water partition coefficient (Wildman–Crippen LogP) is 4.29. The molecular formula is C10H13ClIN3. The highest BCUT2D eigenvalue weighted by Crippen LogP contribution is 2.30. The second-order valence-electron chi connectivity index (χ2n) is 2.90. The lowest BCUT2D eigenvalue weighted by molar-refractivity contribution is 0.300. The van der Waals surface area contributed by atoms with Gasteiger partial charge in [0.05, 0.1) is 5.02 Å². The molecule has 0 aromatic heterocycles. The molecular weight excluding hydrogens is 324 g/mol. The van der Waals surface area contributed by atoms with Gasteiger partial charge in [-0.1, -0.05) is 22.9 Å². The molecule has 1 aromatic carbocycles. The molecule has 0 aliphatic carbocycles. The quantitative estimate of drug-likeness (QED) is 0.458. The third kappa shape index (κ3) is 3.61. The summed E-state index contributed by atoms with van der Waals surface area (Å²) in [7, 11) is 0. The summed E-state index contributed by atoms with van der Waals surface area (Å²) >= 11 is 8.22. The lowest BCUT2D eigenvalue weighted by Crippen LogP contribution is -2.14. The molecule has 5 heteroatoms. The Bertz CT molecular complexity index is 330. The van der Waals surface area contributed by atoms with Gasteiger partial charge < -0.3 is 0 Å². The van der Waals surface area contributed by atoms with Crippen molar-refractivity contribution in [2.75, 3.05) is 13.1 Å². The van der Waals surface area contributed by atoms with E-state index in [1.54, 1.807) is 0 Å². The van der Waals surface area contributed by atoms with Gasteiger partial charge in [0.15, 0.2) is 0 Å². The van der Waals surface area contributed by atoms with Crippen molar-refractivity contribution in [1.29, 1.82) is 0 Å². The third-order valence-corrected chi connectivity index (χ3v) is 3.11. The first kappa shape index (κ1) is 12.7. The maximum absolute atomic E-state index is 6.02. The van der Waals surface area contributed by atoms with Crippen molar-refractivity contribution < 1.29 is 0 Å². The number of nitrogens with zero attached hydrogens (tertiary/aromatic N) is 3. The average Bonchev–Trinajstić information content (AvgIpc) is 2.23. The SMILES string of the molecule is CCN(CC)N=Nc1c(Cl)cccc1I. The molecule has 0 unspecified atom stereocenters. The summed E-state index contributed by atoms with van der Waals surface area (Å²) in [5.74, 6) is 0. The minimum atomic E-state index is 0.637. The fourth-order valence-electron chi connectivity index (χ4n) is 1.04. The zero-order chi connectivity index (χ0) is 11.3. The van der Waals surface area contributed by atoms with Crippen LogP contribution in [0.4, 0.5) is 5.69 Å². The highest BCUT2D eigenvalue weighted by molar-refractivity contribution is 14.1. The van der Waals surface area contributed by atoms with Gasteiger partial charge in [-0.3, -0.25) is 5.01 Å². The Hall–Kier alpha value is -0.360. The molecule has 0 heterocycles. The van der Waals surface area contributed by atoms with Crippen LogP contribution in [0.5, 0.6) is 0 Å². The van der Waals surface area contributed by atoms with E-state index in [0.29, 0.717) is 5.02 Å². The standard InChI is InChI=1S/C10H13ClIN3/c1-3-15(4-2)14-13-10-8(11)6-5-7-9(10)12/h5-7H,3-4H2,1-2H3. The highest BCUT2D eigenvalue weighted by Gasteiger charge is 2.03. The fourth-order valence-corrected chi connectivity index (χ4v) is 2.02. The van der Waals surface area contributed by atoms with Crippen LogP contribution in [0.15, 0.2) is 28.5 Å². The maximum atomic E-state index is 6.02. The van der Waals surface area contributed by atoms with Crippen LogP contribution in [-0.4, -0.2) is 18.1 Å². The van der Waals surface area contributed by atoms with Crippen LogP contribution in [0, 0.1) is 3.57 Å². The lowest BCUT2D eigenvalue weighted by atomic mass is 10.3. The summed E-state index contributed by atoms with van der Waals surface area (Å²) < 4.78 is 1.01. The predicted molar refractivity (Wildman–Crippen MR) is 71.6 cm³/mol. The van der Waals surface area contributed by atoms with E-state index in [4.69, 9.17) is 11.6 Å². The second-order valence-corrected chi connectivity index (χ2v) is 4.47. The van der Waals surface area contributed by atoms with Gasteiger partial charge >= 0.3 is 0 Å². The molecule has 82 valence electrons. The van der Waals surface area contributed by atoms with Gasteiger partial charge in [-0.15, -0.1) is 5.11 Å². The van der Waals surface area contributed by atoms with E-state index < -0.39 is 0 Å². The summed E-state index contributed by atoms with van der Waals surface area (Å²) in [6, 6.07) is 5.68. The van der Waals surface area contributed by atoms with Gasteiger partial charge in [-0.05, 0) is 48.6 Å². The Morgan fingerprint density at radius 3 is 2.53 bits per heavy atom. The van der Waals surface area contributed by atoms with Crippen molar-refractivity contribution in [3.63, 3.8) is 0 Å². The molecule has 0 amide bonds. The molecule has 0 saturated carbocycles. The molecule has 0 N–H and O–H groups in total. The first-order chi connectivity index (χ1) is 7.19. The zero-order valence-electron chi connectivity index (χ0n) is 8.74. The summed E-state index contributed by atoms with van der Waals surface area (Å²) in [6.45, 7) is 5.78. The van der Waals surface area contributed by atoms with Crippen LogP contribution in [0.2, 0.25) is 5.02 Å². The summed E-state index contributed by atoms with van der Waals surface area (Å²) in [5.41, 5.74) is 0.742. The van der Waals surface area contributed by atoms with Gasteiger partial charge in [0, 0.05) is 16.7 Å². The van der Waals surface area contributed by atoms with Gasteiger partial charge in [0.2, 0.25) is 0 Å². The van der Waals surface area contributed by atoms with Gasteiger partial charge in [-0.2, -0.15) is 0 Å². The molecule has 1 aromatic rings. The Kier molecular flexibility index (Phi) is 5.31. The smallest absolute Gasteiger partial charge is 0.119 e. The number of benzene rings is 1. The number of hydrogen-bond acceptors (Lipinski definition) is 2. The molecule has 0 bridgehead atoms. The summed E-state index contributed by atoms with van der Waals surface area (Å²) in [6.07, 6.45) is 0. The van der Waals surface area contributed by atoms with Crippen molar-refractivity contribution in [3.8, 4) is 0 Å². The minimum absolute atomic E-state index is 0.637. The third-order valence-electron chi connectivity index (χ3n) is 1.94. The van der Waals surface area contributed by atoms with E-state index in [0.717, 1.165) is 22.3 Å². The first-order valence-corrected chi connectivity index (χ1v) is 6.25. The van der Waals surface area contributed by atoms with Crippen molar-refractivity contribution in [1.82, 2.24) is 5.01 Å². The van der Waals surface area contributed by atoms with E-state index in [9.17, 15) is 0 Å². The molecule has 0 saturated heterocycles. The first-order valence-electron chi connectivity index (χ1n) is 4.79. The maximum Gasteiger partial charge on any atom is 0.119 e. The molecule has 3 nitrogen and oxygen atoms in total. The molecule has 15 heavy (non-hydrogen) atoms. The molecule has 0 radical (unpaired) electrons. The lowest BCUT2D eigenvalue weighted by Gasteiger charge is -2.11. The van der Waals surface area contributed by atoms with Crippen LogP contribution >= 0.6 is 34.2 Å². The highest BCUT2D eigenvalue weighted by atomic mass is 127. The monoisotopic (exact) mass is 337 g/mol. The Morgan fingerprint density at radius 2 is 2.00 bits per heavy atom. The average molecular weight is 338 g/mol. The number of halogens is 2. The fraction of sp³-hybridized carbons (Fsp3) is 0.400. The van der Waals surface area contributed by atoms with Gasteiger partial charge in [0.25, 0.3) is 0 Å². The van der Waals surface area contributed by atoms with E-state index in [1.807, 2.05) is 37.1 Å². The van der Waals surface area contributed by atoms with Crippen LogP contribution in [0.3, 0.4) is 0 Å². The molecule has 0 spiro atoms. The van der Waals surface area contributed by atoms with Crippen molar-refractivity contribution in [2.24, 2.45) is 10.3 Å². The number of hydrogen-bond donors (Lipinski definition) is 0. The van der Waals surface area contributed by atoms with Crippen molar-refractivity contribution in [2.45, 2.75) is 13.8 Å². The molecule has 0 aliphatic rings. The zero-order valence-corrected chi connectivity index (χ0v) is 11.7. The Balaban J connectivity index is 2.88. The second kappa shape index (κ2) is 6.27. The summed E-state index contributed by atoms with van der Waals surface area (Å²) in [4.78, 5) is 0. The molecule has 0 aliphatic heterocycles. The van der Waals surface area contributed by atoms with Crippen LogP contribution in [-0.2, 0) is 0 Å². The number of rotatable bonds is 4. The van der Waals surface area contributed by atoms with Crippen LogP contribution < -0.4 is 0 Å². The minimum Gasteiger partial charge on any atom is -0.279 e. The molecule has 1 rings (SSSR count).